The van der Waals surface area contributed by atoms with Crippen LogP contribution in [0.4, 0.5) is 5.69 Å². The molecule has 0 aliphatic carbocycles. The highest BCUT2D eigenvalue weighted by Gasteiger charge is 1.99. The van der Waals surface area contributed by atoms with Crippen molar-refractivity contribution in [1.82, 2.24) is 5.32 Å². The molecule has 2 N–H and O–H groups in total. The molecule has 0 aliphatic heterocycles. The predicted octanol–water partition coefficient (Wildman–Crippen LogP) is 4.13. The Morgan fingerprint density at radius 2 is 1.64 bits per heavy atom. The topological polar surface area (TPSA) is 33.3 Å². The second-order valence-electron chi connectivity index (χ2n) is 5.10. The molecule has 0 atom stereocenters. The minimum Gasteiger partial charge on any atom is -0.497 e. The summed E-state index contributed by atoms with van der Waals surface area (Å²) in [5.74, 6) is 0.858. The number of anilines is 1. The van der Waals surface area contributed by atoms with E-state index in [1.54, 1.807) is 7.11 Å². The third kappa shape index (κ3) is 5.04. The minimum atomic E-state index is 0.624. The molecule has 0 saturated carbocycles. The lowest BCUT2D eigenvalue weighted by Gasteiger charge is -2.11. The maximum absolute atomic E-state index is 5.32. The summed E-state index contributed by atoms with van der Waals surface area (Å²) in [5.41, 5.74) is 3.51. The van der Waals surface area contributed by atoms with E-state index in [0.717, 1.165) is 29.8 Å². The van der Waals surface area contributed by atoms with Crippen LogP contribution in [0.3, 0.4) is 0 Å². The normalized spacial score (nSPS) is 10.1. The van der Waals surface area contributed by atoms with Crippen molar-refractivity contribution in [3.63, 3.8) is 0 Å². The van der Waals surface area contributed by atoms with E-state index in [-0.39, 0.29) is 0 Å². The van der Waals surface area contributed by atoms with Crippen molar-refractivity contribution in [3.05, 3.63) is 59.7 Å². The summed E-state index contributed by atoms with van der Waals surface area (Å²) in [6.07, 6.45) is 2.27. The Labute approximate surface area is 137 Å². The summed E-state index contributed by atoms with van der Waals surface area (Å²) >= 11 is 5.32. The van der Waals surface area contributed by atoms with E-state index in [2.05, 4.69) is 41.8 Å². The first kappa shape index (κ1) is 16.3. The van der Waals surface area contributed by atoms with Gasteiger partial charge in [-0.15, -0.1) is 0 Å². The molecule has 22 heavy (non-hydrogen) atoms. The molecule has 0 unspecified atom stereocenters. The minimum absolute atomic E-state index is 0.624. The van der Waals surface area contributed by atoms with Crippen LogP contribution in [-0.4, -0.2) is 12.2 Å². The highest BCUT2D eigenvalue weighted by Crippen LogP contribution is 2.12. The van der Waals surface area contributed by atoms with Crippen molar-refractivity contribution in [2.24, 2.45) is 0 Å². The summed E-state index contributed by atoms with van der Waals surface area (Å²) in [7, 11) is 1.66. The van der Waals surface area contributed by atoms with Gasteiger partial charge in [-0.25, -0.2) is 0 Å². The van der Waals surface area contributed by atoms with Crippen LogP contribution in [0.1, 0.15) is 24.5 Å². The first-order valence-corrected chi connectivity index (χ1v) is 7.89. The summed E-state index contributed by atoms with van der Waals surface area (Å²) < 4.78 is 5.14. The highest BCUT2D eigenvalue weighted by molar-refractivity contribution is 7.80. The smallest absolute Gasteiger partial charge is 0.171 e. The standard InChI is InChI=1S/C18H22N2OS/c1-3-4-14-5-9-16(10-6-14)20-18(22)19-13-15-7-11-17(21-2)12-8-15/h5-12H,3-4,13H2,1-2H3,(H2,19,20,22). The van der Waals surface area contributed by atoms with Crippen LogP contribution < -0.4 is 15.4 Å². The molecule has 2 aromatic rings. The molecular weight excluding hydrogens is 292 g/mol. The number of hydrogen-bond donors (Lipinski definition) is 2. The summed E-state index contributed by atoms with van der Waals surface area (Å²) in [5, 5.41) is 7.03. The van der Waals surface area contributed by atoms with Gasteiger partial charge in [0, 0.05) is 12.2 Å². The van der Waals surface area contributed by atoms with E-state index >= 15 is 0 Å². The lowest BCUT2D eigenvalue weighted by molar-refractivity contribution is 0.414. The maximum Gasteiger partial charge on any atom is 0.171 e. The maximum atomic E-state index is 5.32. The fraction of sp³-hybridized carbons (Fsp3) is 0.278. The predicted molar refractivity (Wildman–Crippen MR) is 96.5 cm³/mol. The molecule has 116 valence electrons. The fourth-order valence-electron chi connectivity index (χ4n) is 2.14. The van der Waals surface area contributed by atoms with Gasteiger partial charge in [-0.2, -0.15) is 0 Å². The van der Waals surface area contributed by atoms with Crippen molar-refractivity contribution in [3.8, 4) is 5.75 Å². The number of nitrogens with one attached hydrogen (secondary N) is 2. The van der Waals surface area contributed by atoms with Gasteiger partial charge in [0.25, 0.3) is 0 Å². The monoisotopic (exact) mass is 314 g/mol. The molecule has 0 aromatic heterocycles. The molecule has 0 heterocycles. The number of ether oxygens (including phenoxy) is 1. The van der Waals surface area contributed by atoms with Gasteiger partial charge in [0.2, 0.25) is 0 Å². The molecule has 0 amide bonds. The van der Waals surface area contributed by atoms with E-state index < -0.39 is 0 Å². The average molecular weight is 314 g/mol. The molecule has 0 saturated heterocycles. The molecule has 2 rings (SSSR count). The van der Waals surface area contributed by atoms with Crippen molar-refractivity contribution in [2.75, 3.05) is 12.4 Å². The van der Waals surface area contributed by atoms with E-state index in [0.29, 0.717) is 11.7 Å². The number of thiocarbonyl (C=S) groups is 1. The molecule has 0 bridgehead atoms. The lowest BCUT2D eigenvalue weighted by atomic mass is 10.1. The number of hydrogen-bond acceptors (Lipinski definition) is 2. The van der Waals surface area contributed by atoms with Crippen molar-refractivity contribution < 1.29 is 4.74 Å². The Hall–Kier alpha value is -2.07. The molecule has 3 nitrogen and oxygen atoms in total. The van der Waals surface area contributed by atoms with E-state index in [4.69, 9.17) is 17.0 Å². The largest absolute Gasteiger partial charge is 0.497 e. The molecule has 0 spiro atoms. The molecular formula is C18H22N2OS. The zero-order chi connectivity index (χ0) is 15.8. The fourth-order valence-corrected chi connectivity index (χ4v) is 2.33. The van der Waals surface area contributed by atoms with Gasteiger partial charge < -0.3 is 15.4 Å². The van der Waals surface area contributed by atoms with Crippen molar-refractivity contribution in [2.45, 2.75) is 26.3 Å². The van der Waals surface area contributed by atoms with Gasteiger partial charge in [-0.3, -0.25) is 0 Å². The molecule has 0 fully saturated rings. The Bertz CT molecular complexity index is 593. The molecule has 0 radical (unpaired) electrons. The van der Waals surface area contributed by atoms with Gasteiger partial charge in [-0.05, 0) is 54.0 Å². The molecule has 2 aromatic carbocycles. The third-order valence-electron chi connectivity index (χ3n) is 3.36. The first-order chi connectivity index (χ1) is 10.7. The van der Waals surface area contributed by atoms with E-state index in [1.165, 1.54) is 5.56 Å². The zero-order valence-electron chi connectivity index (χ0n) is 13.1. The van der Waals surface area contributed by atoms with Crippen LogP contribution in [0.15, 0.2) is 48.5 Å². The Balaban J connectivity index is 1.81. The molecule has 4 heteroatoms. The van der Waals surface area contributed by atoms with Crippen molar-refractivity contribution >= 4 is 23.0 Å². The Morgan fingerprint density at radius 1 is 1.00 bits per heavy atom. The number of rotatable bonds is 6. The Morgan fingerprint density at radius 3 is 2.23 bits per heavy atom. The second-order valence-corrected chi connectivity index (χ2v) is 5.51. The third-order valence-corrected chi connectivity index (χ3v) is 3.61. The second kappa shape index (κ2) is 8.39. The van der Waals surface area contributed by atoms with E-state index in [1.807, 2.05) is 24.3 Å². The van der Waals surface area contributed by atoms with Crippen LogP contribution in [0.25, 0.3) is 0 Å². The Kier molecular flexibility index (Phi) is 6.22. The quantitative estimate of drug-likeness (QED) is 0.785. The molecule has 0 aliphatic rings. The SMILES string of the molecule is CCCc1ccc(NC(=S)NCc2ccc(OC)cc2)cc1. The average Bonchev–Trinajstić information content (AvgIpc) is 2.55. The van der Waals surface area contributed by atoms with Crippen LogP contribution in [0.2, 0.25) is 0 Å². The van der Waals surface area contributed by atoms with Gasteiger partial charge >= 0.3 is 0 Å². The van der Waals surface area contributed by atoms with Crippen LogP contribution in [-0.2, 0) is 13.0 Å². The highest BCUT2D eigenvalue weighted by atomic mass is 32.1. The van der Waals surface area contributed by atoms with Gasteiger partial charge in [0.15, 0.2) is 5.11 Å². The van der Waals surface area contributed by atoms with Crippen LogP contribution in [0.5, 0.6) is 5.75 Å². The van der Waals surface area contributed by atoms with Crippen LogP contribution in [0, 0.1) is 0 Å². The van der Waals surface area contributed by atoms with Crippen LogP contribution >= 0.6 is 12.2 Å². The zero-order valence-corrected chi connectivity index (χ0v) is 13.9. The number of aryl methyl sites for hydroxylation is 1. The lowest BCUT2D eigenvalue weighted by Crippen LogP contribution is -2.27. The summed E-state index contributed by atoms with van der Waals surface area (Å²) in [4.78, 5) is 0. The summed E-state index contributed by atoms with van der Waals surface area (Å²) in [6, 6.07) is 16.3. The van der Waals surface area contributed by atoms with Gasteiger partial charge in [-0.1, -0.05) is 37.6 Å². The van der Waals surface area contributed by atoms with Crippen molar-refractivity contribution in [1.29, 1.82) is 0 Å². The van der Waals surface area contributed by atoms with Gasteiger partial charge in [0.05, 0.1) is 7.11 Å². The van der Waals surface area contributed by atoms with Gasteiger partial charge in [0.1, 0.15) is 5.75 Å². The summed E-state index contributed by atoms with van der Waals surface area (Å²) in [6.45, 7) is 2.87. The number of methoxy groups -OCH3 is 1. The first-order valence-electron chi connectivity index (χ1n) is 7.48. The number of benzene rings is 2. The van der Waals surface area contributed by atoms with E-state index in [9.17, 15) is 0 Å².